The third-order valence-corrected chi connectivity index (χ3v) is 4.53. The Bertz CT molecular complexity index is 793. The zero-order valence-corrected chi connectivity index (χ0v) is 14.1. The Balaban J connectivity index is 1.97. The molecular formula is C18H21N3O3. The topological polar surface area (TPSA) is 75.4 Å². The van der Waals surface area contributed by atoms with Crippen LogP contribution >= 0.6 is 0 Å². The van der Waals surface area contributed by atoms with Gasteiger partial charge in [0.15, 0.2) is 0 Å². The number of nitrogens with zero attached hydrogens (tertiary/aromatic N) is 3. The number of carboxylic acid groups (broad SMARTS) is 1. The van der Waals surface area contributed by atoms with Gasteiger partial charge < -0.3 is 10.0 Å². The molecule has 1 aromatic heterocycles. The number of aryl methyl sites for hydroxylation is 1. The van der Waals surface area contributed by atoms with Gasteiger partial charge in [0, 0.05) is 6.04 Å². The standard InChI is InChI=1S/C18H21N3O3/c1-11-6-4-5-7-16(11)21-12(2)15(10-19-21)17(22)20(14-8-9-14)13(3)18(23)24/h4-7,10,13-14H,8-9H2,1-3H3,(H,23,24). The highest BCUT2D eigenvalue weighted by Crippen LogP contribution is 2.31. The number of carbonyl (C=O) groups excluding carboxylic acids is 1. The van der Waals surface area contributed by atoms with E-state index in [-0.39, 0.29) is 11.9 Å². The zero-order chi connectivity index (χ0) is 17.4. The van der Waals surface area contributed by atoms with Crippen molar-refractivity contribution in [1.82, 2.24) is 14.7 Å². The van der Waals surface area contributed by atoms with Crippen LogP contribution < -0.4 is 0 Å². The van der Waals surface area contributed by atoms with E-state index >= 15 is 0 Å². The molecule has 3 rings (SSSR count). The maximum atomic E-state index is 12.9. The molecule has 1 aliphatic carbocycles. The molecule has 1 N–H and O–H groups in total. The summed E-state index contributed by atoms with van der Waals surface area (Å²) < 4.78 is 1.74. The van der Waals surface area contributed by atoms with Crippen LogP contribution in [-0.2, 0) is 4.79 Å². The van der Waals surface area contributed by atoms with Crippen LogP contribution in [0.15, 0.2) is 30.5 Å². The van der Waals surface area contributed by atoms with E-state index in [4.69, 9.17) is 0 Å². The second kappa shape index (κ2) is 6.11. The smallest absolute Gasteiger partial charge is 0.326 e. The lowest BCUT2D eigenvalue weighted by atomic mass is 10.1. The summed E-state index contributed by atoms with van der Waals surface area (Å²) in [6.07, 6.45) is 3.25. The van der Waals surface area contributed by atoms with Crippen LogP contribution in [0, 0.1) is 13.8 Å². The van der Waals surface area contributed by atoms with Crippen LogP contribution in [-0.4, -0.2) is 43.7 Å². The van der Waals surface area contributed by atoms with Gasteiger partial charge in [-0.25, -0.2) is 9.48 Å². The molecule has 24 heavy (non-hydrogen) atoms. The molecule has 0 saturated heterocycles. The molecule has 1 saturated carbocycles. The molecule has 126 valence electrons. The number of amides is 1. The van der Waals surface area contributed by atoms with E-state index in [0.29, 0.717) is 5.56 Å². The Morgan fingerprint density at radius 2 is 1.96 bits per heavy atom. The summed E-state index contributed by atoms with van der Waals surface area (Å²) in [6.45, 7) is 5.38. The number of benzene rings is 1. The quantitative estimate of drug-likeness (QED) is 0.916. The third kappa shape index (κ3) is 2.79. The summed E-state index contributed by atoms with van der Waals surface area (Å²) in [5.74, 6) is -1.25. The predicted octanol–water partition coefficient (Wildman–Crippen LogP) is 2.57. The highest BCUT2D eigenvalue weighted by molar-refractivity contribution is 5.97. The van der Waals surface area contributed by atoms with Crippen LogP contribution in [0.5, 0.6) is 0 Å². The van der Waals surface area contributed by atoms with Gasteiger partial charge in [-0.1, -0.05) is 18.2 Å². The second-order valence-corrected chi connectivity index (χ2v) is 6.30. The van der Waals surface area contributed by atoms with Gasteiger partial charge in [-0.2, -0.15) is 5.10 Å². The number of rotatable bonds is 5. The van der Waals surface area contributed by atoms with Crippen molar-refractivity contribution in [3.63, 3.8) is 0 Å². The Hall–Kier alpha value is -2.63. The lowest BCUT2D eigenvalue weighted by Crippen LogP contribution is -2.44. The first kappa shape index (κ1) is 16.2. The van der Waals surface area contributed by atoms with Gasteiger partial charge in [-0.3, -0.25) is 4.79 Å². The molecule has 0 bridgehead atoms. The fourth-order valence-electron chi connectivity index (χ4n) is 2.93. The summed E-state index contributed by atoms with van der Waals surface area (Å²) in [4.78, 5) is 25.8. The van der Waals surface area contributed by atoms with Crippen molar-refractivity contribution in [3.8, 4) is 5.69 Å². The zero-order valence-electron chi connectivity index (χ0n) is 14.1. The minimum Gasteiger partial charge on any atom is -0.480 e. The van der Waals surface area contributed by atoms with Crippen LogP contribution in [0.2, 0.25) is 0 Å². The first-order valence-corrected chi connectivity index (χ1v) is 8.08. The summed E-state index contributed by atoms with van der Waals surface area (Å²) in [7, 11) is 0. The van der Waals surface area contributed by atoms with Crippen molar-refractivity contribution in [2.24, 2.45) is 0 Å². The number of carboxylic acids is 1. The lowest BCUT2D eigenvalue weighted by molar-refractivity contribution is -0.141. The largest absolute Gasteiger partial charge is 0.480 e. The Kier molecular flexibility index (Phi) is 4.13. The number of hydrogen-bond donors (Lipinski definition) is 1. The van der Waals surface area contributed by atoms with E-state index in [1.54, 1.807) is 11.6 Å². The molecule has 1 unspecified atom stereocenters. The van der Waals surface area contributed by atoms with E-state index in [1.165, 1.54) is 11.1 Å². The predicted molar refractivity (Wildman–Crippen MR) is 89.3 cm³/mol. The fourth-order valence-corrected chi connectivity index (χ4v) is 2.93. The number of carbonyl (C=O) groups is 2. The molecule has 6 nitrogen and oxygen atoms in total. The second-order valence-electron chi connectivity index (χ2n) is 6.30. The van der Waals surface area contributed by atoms with Gasteiger partial charge in [0.05, 0.1) is 23.1 Å². The van der Waals surface area contributed by atoms with Crippen molar-refractivity contribution in [2.45, 2.75) is 45.7 Å². The average molecular weight is 327 g/mol. The van der Waals surface area contributed by atoms with Crippen molar-refractivity contribution in [3.05, 3.63) is 47.3 Å². The van der Waals surface area contributed by atoms with Crippen molar-refractivity contribution >= 4 is 11.9 Å². The number of aliphatic carboxylic acids is 1. The van der Waals surface area contributed by atoms with Gasteiger partial charge in [0.2, 0.25) is 0 Å². The molecule has 0 radical (unpaired) electrons. The molecule has 1 atom stereocenters. The van der Waals surface area contributed by atoms with Crippen LogP contribution in [0.4, 0.5) is 0 Å². The molecule has 1 fully saturated rings. The van der Waals surface area contributed by atoms with Crippen molar-refractivity contribution in [1.29, 1.82) is 0 Å². The molecule has 1 aromatic carbocycles. The van der Waals surface area contributed by atoms with Crippen LogP contribution in [0.1, 0.15) is 41.4 Å². The first-order chi connectivity index (χ1) is 11.4. The molecule has 6 heteroatoms. The third-order valence-electron chi connectivity index (χ3n) is 4.53. The van der Waals surface area contributed by atoms with Crippen LogP contribution in [0.25, 0.3) is 5.69 Å². The van der Waals surface area contributed by atoms with Gasteiger partial charge in [-0.05, 0) is 45.2 Å². The van der Waals surface area contributed by atoms with Gasteiger partial charge in [0.1, 0.15) is 6.04 Å². The fraction of sp³-hybridized carbons (Fsp3) is 0.389. The molecule has 0 aliphatic heterocycles. The van der Waals surface area contributed by atoms with E-state index in [0.717, 1.165) is 29.8 Å². The molecule has 1 heterocycles. The average Bonchev–Trinajstić information content (AvgIpc) is 3.30. The van der Waals surface area contributed by atoms with E-state index in [2.05, 4.69) is 5.10 Å². The summed E-state index contributed by atoms with van der Waals surface area (Å²) in [5.41, 5.74) is 3.15. The molecular weight excluding hydrogens is 306 g/mol. The molecule has 1 amide bonds. The molecule has 0 spiro atoms. The SMILES string of the molecule is Cc1ccccc1-n1ncc(C(=O)N(C2CC2)C(C)C(=O)O)c1C. The highest BCUT2D eigenvalue weighted by Gasteiger charge is 2.39. The van der Waals surface area contributed by atoms with Crippen LogP contribution in [0.3, 0.4) is 0 Å². The Morgan fingerprint density at radius 1 is 1.29 bits per heavy atom. The number of para-hydroxylation sites is 1. The maximum absolute atomic E-state index is 12.9. The van der Waals surface area contributed by atoms with Gasteiger partial charge >= 0.3 is 5.97 Å². The lowest BCUT2D eigenvalue weighted by Gasteiger charge is -2.26. The highest BCUT2D eigenvalue weighted by atomic mass is 16.4. The normalized spacial score (nSPS) is 15.1. The van der Waals surface area contributed by atoms with Gasteiger partial charge in [0.25, 0.3) is 5.91 Å². The summed E-state index contributed by atoms with van der Waals surface area (Å²) >= 11 is 0. The number of aromatic nitrogens is 2. The minimum atomic E-state index is -0.987. The van der Waals surface area contributed by atoms with Crippen molar-refractivity contribution in [2.75, 3.05) is 0 Å². The Labute approximate surface area is 140 Å². The first-order valence-electron chi connectivity index (χ1n) is 8.08. The number of hydrogen-bond acceptors (Lipinski definition) is 3. The molecule has 2 aromatic rings. The van der Waals surface area contributed by atoms with Gasteiger partial charge in [-0.15, -0.1) is 0 Å². The monoisotopic (exact) mass is 327 g/mol. The summed E-state index contributed by atoms with van der Waals surface area (Å²) in [6, 6.07) is 6.99. The Morgan fingerprint density at radius 3 is 2.54 bits per heavy atom. The minimum absolute atomic E-state index is 0.0183. The van der Waals surface area contributed by atoms with E-state index in [9.17, 15) is 14.7 Å². The van der Waals surface area contributed by atoms with Crippen molar-refractivity contribution < 1.29 is 14.7 Å². The maximum Gasteiger partial charge on any atom is 0.326 e. The van der Waals surface area contributed by atoms with E-state index < -0.39 is 12.0 Å². The van der Waals surface area contributed by atoms with E-state index in [1.807, 2.05) is 38.1 Å². The molecule has 1 aliphatic rings. The summed E-state index contributed by atoms with van der Waals surface area (Å²) in [5, 5.41) is 13.7.